The van der Waals surface area contributed by atoms with Crippen molar-refractivity contribution in [2.45, 2.75) is 17.4 Å². The largest absolute Gasteiger partial charge is 0.493 e. The van der Waals surface area contributed by atoms with Gasteiger partial charge in [-0.15, -0.1) is 0 Å². The fraction of sp³-hybridized carbons (Fsp3) is 0.278. The first-order chi connectivity index (χ1) is 12.8. The monoisotopic (exact) mass is 454 g/mol. The van der Waals surface area contributed by atoms with E-state index in [0.717, 1.165) is 4.47 Å². The molecule has 1 heterocycles. The molecule has 2 aromatic rings. The molecule has 1 amide bonds. The number of hydrogen-bond donors (Lipinski definition) is 1. The lowest BCUT2D eigenvalue weighted by atomic mass is 10.2. The summed E-state index contributed by atoms with van der Waals surface area (Å²) in [5.41, 5.74) is 0.628. The summed E-state index contributed by atoms with van der Waals surface area (Å²) in [6.45, 7) is 0.240. The second-order valence-corrected chi connectivity index (χ2v) is 8.65. The zero-order chi connectivity index (χ0) is 19.6. The molecule has 1 fully saturated rings. The molecule has 27 heavy (non-hydrogen) atoms. The molecule has 0 spiro atoms. The van der Waals surface area contributed by atoms with E-state index >= 15 is 0 Å². The van der Waals surface area contributed by atoms with Gasteiger partial charge in [0.1, 0.15) is 0 Å². The van der Waals surface area contributed by atoms with Gasteiger partial charge in [0, 0.05) is 35.2 Å². The van der Waals surface area contributed by atoms with E-state index in [1.807, 2.05) is 0 Å². The van der Waals surface area contributed by atoms with Crippen LogP contribution in [0.25, 0.3) is 0 Å². The van der Waals surface area contributed by atoms with E-state index in [4.69, 9.17) is 9.47 Å². The summed E-state index contributed by atoms with van der Waals surface area (Å²) in [7, 11) is -0.658. The van der Waals surface area contributed by atoms with E-state index in [1.165, 1.54) is 31.3 Å². The molecule has 0 saturated carbocycles. The van der Waals surface area contributed by atoms with Gasteiger partial charge in [-0.3, -0.25) is 4.79 Å². The van der Waals surface area contributed by atoms with Crippen molar-refractivity contribution in [3.05, 3.63) is 46.9 Å². The molecule has 1 aliphatic heterocycles. The summed E-state index contributed by atoms with van der Waals surface area (Å²) >= 11 is 3.28. The van der Waals surface area contributed by atoms with Crippen LogP contribution in [0.4, 0.5) is 5.69 Å². The number of carbonyl (C=O) groups is 1. The first kappa shape index (κ1) is 19.7. The minimum Gasteiger partial charge on any atom is -0.493 e. The molecule has 7 nitrogen and oxygen atoms in total. The maximum absolute atomic E-state index is 12.5. The molecule has 9 heteroatoms. The van der Waals surface area contributed by atoms with Gasteiger partial charge >= 0.3 is 0 Å². The van der Waals surface area contributed by atoms with Crippen LogP contribution in [0.3, 0.4) is 0 Å². The summed E-state index contributed by atoms with van der Waals surface area (Å²) in [6, 6.07) is 11.0. The molecule has 0 aliphatic carbocycles. The van der Waals surface area contributed by atoms with Crippen LogP contribution in [-0.4, -0.2) is 41.1 Å². The molecule has 0 aromatic heterocycles. The Morgan fingerprint density at radius 2 is 1.74 bits per heavy atom. The predicted octanol–water partition coefficient (Wildman–Crippen LogP) is 2.55. The molecule has 1 aliphatic rings. The fourth-order valence-corrected chi connectivity index (χ4v) is 4.42. The Morgan fingerprint density at radius 1 is 1.07 bits per heavy atom. The highest BCUT2D eigenvalue weighted by atomic mass is 79.9. The average molecular weight is 455 g/mol. The van der Waals surface area contributed by atoms with Crippen molar-refractivity contribution in [1.82, 2.24) is 4.72 Å². The van der Waals surface area contributed by atoms with Gasteiger partial charge in [-0.2, -0.15) is 0 Å². The molecule has 2 aromatic carbocycles. The minimum absolute atomic E-state index is 0.0874. The third-order valence-corrected chi connectivity index (χ3v) is 6.31. The van der Waals surface area contributed by atoms with Gasteiger partial charge in [0.25, 0.3) is 0 Å². The van der Waals surface area contributed by atoms with Gasteiger partial charge in [0.2, 0.25) is 15.9 Å². The van der Waals surface area contributed by atoms with Crippen molar-refractivity contribution < 1.29 is 22.7 Å². The maximum Gasteiger partial charge on any atom is 0.240 e. The number of rotatable bonds is 6. The molecule has 1 atom stereocenters. The number of amides is 1. The lowest BCUT2D eigenvalue weighted by molar-refractivity contribution is -0.117. The summed E-state index contributed by atoms with van der Waals surface area (Å²) in [6.07, 6.45) is 0.0874. The van der Waals surface area contributed by atoms with E-state index < -0.39 is 16.1 Å². The number of nitrogens with one attached hydrogen (secondary N) is 1. The Kier molecular flexibility index (Phi) is 5.73. The maximum atomic E-state index is 12.5. The molecule has 1 N–H and O–H groups in total. The second-order valence-electron chi connectivity index (χ2n) is 6.02. The first-order valence-electron chi connectivity index (χ1n) is 8.14. The van der Waals surface area contributed by atoms with Crippen LogP contribution >= 0.6 is 15.9 Å². The number of hydrogen-bond acceptors (Lipinski definition) is 5. The Bertz CT molecular complexity index is 947. The molecular weight excluding hydrogens is 436 g/mol. The molecule has 0 radical (unpaired) electrons. The highest BCUT2D eigenvalue weighted by Gasteiger charge is 2.34. The van der Waals surface area contributed by atoms with Crippen LogP contribution in [0.15, 0.2) is 51.8 Å². The van der Waals surface area contributed by atoms with Gasteiger partial charge < -0.3 is 14.4 Å². The van der Waals surface area contributed by atoms with E-state index in [2.05, 4.69) is 20.7 Å². The van der Waals surface area contributed by atoms with Crippen molar-refractivity contribution in [2.24, 2.45) is 0 Å². The molecule has 3 rings (SSSR count). The predicted molar refractivity (Wildman–Crippen MR) is 105 cm³/mol. The van der Waals surface area contributed by atoms with Gasteiger partial charge in [-0.25, -0.2) is 13.1 Å². The average Bonchev–Trinajstić information content (AvgIpc) is 3.00. The lowest BCUT2D eigenvalue weighted by Crippen LogP contribution is -2.37. The third-order valence-electron chi connectivity index (χ3n) is 4.25. The van der Waals surface area contributed by atoms with E-state index in [1.54, 1.807) is 30.3 Å². The molecule has 1 unspecified atom stereocenters. The Balaban J connectivity index is 1.76. The standard InChI is InChI=1S/C18H19BrN2O5S/c1-25-16-8-5-14(10-17(16)26-2)21-11-13(9-18(21)22)20-27(23,24)15-6-3-12(19)4-7-15/h3-8,10,13,20H,9,11H2,1-2H3. The van der Waals surface area contributed by atoms with Crippen molar-refractivity contribution in [3.8, 4) is 11.5 Å². The van der Waals surface area contributed by atoms with Crippen molar-refractivity contribution >= 4 is 37.5 Å². The van der Waals surface area contributed by atoms with E-state index in [9.17, 15) is 13.2 Å². The smallest absolute Gasteiger partial charge is 0.240 e. The van der Waals surface area contributed by atoms with Crippen LogP contribution in [-0.2, 0) is 14.8 Å². The summed E-state index contributed by atoms with van der Waals surface area (Å²) in [5.74, 6) is 0.896. The van der Waals surface area contributed by atoms with Crippen LogP contribution < -0.4 is 19.1 Å². The topological polar surface area (TPSA) is 84.9 Å². The molecule has 0 bridgehead atoms. The van der Waals surface area contributed by atoms with Gasteiger partial charge in [-0.1, -0.05) is 15.9 Å². The number of nitrogens with zero attached hydrogens (tertiary/aromatic N) is 1. The van der Waals surface area contributed by atoms with Crippen molar-refractivity contribution in [3.63, 3.8) is 0 Å². The van der Waals surface area contributed by atoms with E-state index in [-0.39, 0.29) is 23.8 Å². The SMILES string of the molecule is COc1ccc(N2CC(NS(=O)(=O)c3ccc(Br)cc3)CC2=O)cc1OC. The number of sulfonamides is 1. The number of benzene rings is 2. The van der Waals surface area contributed by atoms with Crippen LogP contribution in [0.1, 0.15) is 6.42 Å². The first-order valence-corrected chi connectivity index (χ1v) is 10.4. The Labute approximate surface area is 166 Å². The van der Waals surface area contributed by atoms with Crippen LogP contribution in [0, 0.1) is 0 Å². The van der Waals surface area contributed by atoms with Gasteiger partial charge in [0.05, 0.1) is 19.1 Å². The highest BCUT2D eigenvalue weighted by molar-refractivity contribution is 9.10. The Hall–Kier alpha value is -2.10. The zero-order valence-corrected chi connectivity index (χ0v) is 17.2. The number of methoxy groups -OCH3 is 2. The Morgan fingerprint density at radius 3 is 2.37 bits per heavy atom. The zero-order valence-electron chi connectivity index (χ0n) is 14.8. The molecule has 144 valence electrons. The minimum atomic E-state index is -3.71. The second kappa shape index (κ2) is 7.87. The number of ether oxygens (including phenoxy) is 2. The van der Waals surface area contributed by atoms with Crippen LogP contribution in [0.5, 0.6) is 11.5 Å². The molecular formula is C18H19BrN2O5S. The van der Waals surface area contributed by atoms with E-state index in [0.29, 0.717) is 17.2 Å². The normalized spacial score (nSPS) is 17.2. The molecule has 1 saturated heterocycles. The lowest BCUT2D eigenvalue weighted by Gasteiger charge is -2.19. The van der Waals surface area contributed by atoms with Crippen LogP contribution in [0.2, 0.25) is 0 Å². The summed E-state index contributed by atoms with van der Waals surface area (Å²) < 4.78 is 39.0. The third kappa shape index (κ3) is 4.26. The van der Waals surface area contributed by atoms with Crippen molar-refractivity contribution in [2.75, 3.05) is 25.7 Å². The fourth-order valence-electron chi connectivity index (χ4n) is 2.93. The quantitative estimate of drug-likeness (QED) is 0.724. The number of carbonyl (C=O) groups excluding carboxylic acids is 1. The number of halogens is 1. The number of anilines is 1. The van der Waals surface area contributed by atoms with Gasteiger partial charge in [-0.05, 0) is 36.4 Å². The van der Waals surface area contributed by atoms with Crippen molar-refractivity contribution in [1.29, 1.82) is 0 Å². The van der Waals surface area contributed by atoms with Gasteiger partial charge in [0.15, 0.2) is 11.5 Å². The highest BCUT2D eigenvalue weighted by Crippen LogP contribution is 2.33. The summed E-state index contributed by atoms with van der Waals surface area (Å²) in [5, 5.41) is 0. The summed E-state index contributed by atoms with van der Waals surface area (Å²) in [4.78, 5) is 14.1.